The molecule has 3 aromatic carbocycles. The second kappa shape index (κ2) is 10.7. The lowest BCUT2D eigenvalue weighted by Gasteiger charge is -2.22. The maximum absolute atomic E-state index is 13.2. The highest BCUT2D eigenvalue weighted by Gasteiger charge is 2.30. The number of hydrogen-bond acceptors (Lipinski definition) is 11. The zero-order valence-corrected chi connectivity index (χ0v) is 24.0. The summed E-state index contributed by atoms with van der Waals surface area (Å²) in [4.78, 5) is 73.7. The lowest BCUT2D eigenvalue weighted by Crippen LogP contribution is -2.40. The Hall–Kier alpha value is -5.92. The minimum Gasteiger partial charge on any atom is -0.394 e. The molecule has 0 unspecified atom stereocenters. The summed E-state index contributed by atoms with van der Waals surface area (Å²) in [5, 5.41) is 9.60. The SMILES string of the molecule is Cc1c(-c2noc(=O)[nH]2)ccc2c1CC[C@@H]2NC(=O)c1cc(C(=O)NCc2ccc3c(c2)N(c2c(N)c(=O)c2=O)CC3)ncn1. The van der Waals surface area contributed by atoms with E-state index < -0.39 is 28.4 Å². The van der Waals surface area contributed by atoms with Gasteiger partial charge in [0.25, 0.3) is 22.7 Å². The van der Waals surface area contributed by atoms with E-state index in [4.69, 9.17) is 5.73 Å². The topological polar surface area (TPSA) is 206 Å². The fraction of sp³-hybridized carbons (Fsp3) is 0.226. The van der Waals surface area contributed by atoms with Crippen molar-refractivity contribution in [2.75, 3.05) is 17.2 Å². The first-order chi connectivity index (χ1) is 21.7. The Labute approximate surface area is 254 Å². The molecule has 0 saturated heterocycles. The number of carbonyl (C=O) groups excluding carboxylic acids is 2. The number of benzene rings is 2. The van der Waals surface area contributed by atoms with Crippen LogP contribution in [0, 0.1) is 6.92 Å². The fourth-order valence-electron chi connectivity index (χ4n) is 6.18. The molecular weight excluding hydrogens is 580 g/mol. The molecule has 0 bridgehead atoms. The van der Waals surface area contributed by atoms with Gasteiger partial charge in [-0.2, -0.15) is 0 Å². The zero-order valence-electron chi connectivity index (χ0n) is 24.0. The van der Waals surface area contributed by atoms with Crippen molar-refractivity contribution in [3.63, 3.8) is 0 Å². The van der Waals surface area contributed by atoms with Crippen molar-refractivity contribution in [1.29, 1.82) is 0 Å². The third-order valence-corrected chi connectivity index (χ3v) is 8.52. The molecular formula is C31H26N8O6. The van der Waals surface area contributed by atoms with Gasteiger partial charge in [-0.15, -0.1) is 0 Å². The van der Waals surface area contributed by atoms with Gasteiger partial charge in [-0.25, -0.2) is 14.8 Å². The second-order valence-corrected chi connectivity index (χ2v) is 11.1. The Bertz CT molecular complexity index is 2160. The van der Waals surface area contributed by atoms with Crippen LogP contribution in [0.25, 0.3) is 11.4 Å². The summed E-state index contributed by atoms with van der Waals surface area (Å²) in [6, 6.07) is 10.5. The van der Waals surface area contributed by atoms with Crippen molar-refractivity contribution < 1.29 is 14.1 Å². The lowest BCUT2D eigenvalue weighted by molar-refractivity contribution is 0.0931. The molecule has 5 aromatic rings. The van der Waals surface area contributed by atoms with Gasteiger partial charge in [-0.1, -0.05) is 29.4 Å². The van der Waals surface area contributed by atoms with Gasteiger partial charge in [0.2, 0.25) is 0 Å². The lowest BCUT2D eigenvalue weighted by atomic mass is 9.97. The van der Waals surface area contributed by atoms with Gasteiger partial charge in [0.15, 0.2) is 5.82 Å². The van der Waals surface area contributed by atoms with E-state index in [0.717, 1.165) is 45.5 Å². The standard InChI is InChI=1S/C31H26N8O6/c1-14-17-6-7-20(19(17)5-4-18(14)28-37-31(44)45-38-28)36-30(43)22-11-21(34-13-35-22)29(42)33-12-15-2-3-16-8-9-39(23(16)10-15)25-24(32)26(40)27(25)41/h2-5,10-11,13,20H,6-9,12,32H2,1H3,(H,33,42)(H,36,43)(H,37,38,44)/t20-/m0/s1. The Kier molecular flexibility index (Phi) is 6.61. The van der Waals surface area contributed by atoms with Gasteiger partial charge in [0, 0.05) is 30.4 Å². The summed E-state index contributed by atoms with van der Waals surface area (Å²) in [5.74, 6) is -1.21. The maximum Gasteiger partial charge on any atom is 0.439 e. The minimum atomic E-state index is -0.666. The summed E-state index contributed by atoms with van der Waals surface area (Å²) in [5.41, 5.74) is 11.1. The molecule has 0 radical (unpaired) electrons. The molecule has 0 fully saturated rings. The van der Waals surface area contributed by atoms with Crippen molar-refractivity contribution in [2.24, 2.45) is 0 Å². The molecule has 2 amide bonds. The van der Waals surface area contributed by atoms with E-state index in [-0.39, 0.29) is 35.3 Å². The van der Waals surface area contributed by atoms with Gasteiger partial charge >= 0.3 is 5.76 Å². The monoisotopic (exact) mass is 606 g/mol. The van der Waals surface area contributed by atoms with Crippen LogP contribution in [0.15, 0.2) is 61.6 Å². The van der Waals surface area contributed by atoms with E-state index in [1.807, 2.05) is 37.3 Å². The van der Waals surface area contributed by atoms with Gasteiger partial charge in [-0.3, -0.25) is 28.7 Å². The summed E-state index contributed by atoms with van der Waals surface area (Å²) in [7, 11) is 0. The molecule has 45 heavy (non-hydrogen) atoms. The molecule has 1 aliphatic carbocycles. The first-order valence-electron chi connectivity index (χ1n) is 14.3. The Morgan fingerprint density at radius 2 is 1.84 bits per heavy atom. The third-order valence-electron chi connectivity index (χ3n) is 8.52. The highest BCUT2D eigenvalue weighted by atomic mass is 16.5. The van der Waals surface area contributed by atoms with Crippen LogP contribution in [-0.2, 0) is 19.4 Å². The minimum absolute atomic E-state index is 0.0295. The van der Waals surface area contributed by atoms with Crippen molar-refractivity contribution >= 4 is 28.9 Å². The normalized spacial score (nSPS) is 15.2. The van der Waals surface area contributed by atoms with Crippen molar-refractivity contribution in [3.8, 4) is 11.4 Å². The molecule has 0 spiro atoms. The number of nitrogens with two attached hydrogens (primary N) is 1. The van der Waals surface area contributed by atoms with E-state index in [2.05, 4.69) is 35.3 Å². The van der Waals surface area contributed by atoms with Gasteiger partial charge in [-0.05, 0) is 60.1 Å². The average molecular weight is 607 g/mol. The number of nitrogen functional groups attached to an aromatic ring is 1. The quantitative estimate of drug-likeness (QED) is 0.195. The van der Waals surface area contributed by atoms with E-state index >= 15 is 0 Å². The first-order valence-corrected chi connectivity index (χ1v) is 14.3. The number of hydrogen-bond donors (Lipinski definition) is 4. The fourth-order valence-corrected chi connectivity index (χ4v) is 6.18. The summed E-state index contributed by atoms with van der Waals surface area (Å²) in [6.45, 7) is 2.63. The predicted octanol–water partition coefficient (Wildman–Crippen LogP) is 1.35. The number of carbonyl (C=O) groups is 2. The van der Waals surface area contributed by atoms with Gasteiger partial charge in [0.1, 0.15) is 29.1 Å². The van der Waals surface area contributed by atoms with Crippen molar-refractivity contribution in [2.45, 2.75) is 38.8 Å². The molecule has 1 aliphatic heterocycles. The highest BCUT2D eigenvalue weighted by Crippen LogP contribution is 2.37. The molecule has 5 N–H and O–H groups in total. The second-order valence-electron chi connectivity index (χ2n) is 11.1. The molecule has 14 heteroatoms. The van der Waals surface area contributed by atoms with Crippen molar-refractivity contribution in [3.05, 3.63) is 113 Å². The number of anilines is 3. The number of nitrogens with zero attached hydrogens (tertiary/aromatic N) is 4. The summed E-state index contributed by atoms with van der Waals surface area (Å²) >= 11 is 0. The molecule has 2 aliphatic rings. The van der Waals surface area contributed by atoms with Gasteiger partial charge in [0.05, 0.1) is 6.04 Å². The Balaban J connectivity index is 1.02. The van der Waals surface area contributed by atoms with Crippen LogP contribution in [0.5, 0.6) is 0 Å². The van der Waals surface area contributed by atoms with E-state index in [1.54, 1.807) is 4.90 Å². The third kappa shape index (κ3) is 4.76. The zero-order chi connectivity index (χ0) is 31.4. The van der Waals surface area contributed by atoms with Crippen LogP contribution in [0.4, 0.5) is 17.1 Å². The number of amides is 2. The van der Waals surface area contributed by atoms with Crippen LogP contribution in [0.3, 0.4) is 0 Å². The number of aromatic amines is 1. The highest BCUT2D eigenvalue weighted by molar-refractivity contribution is 5.97. The predicted molar refractivity (Wildman–Crippen MR) is 162 cm³/mol. The number of nitrogens with one attached hydrogen (secondary N) is 3. The molecule has 2 aromatic heterocycles. The molecule has 7 rings (SSSR count). The van der Waals surface area contributed by atoms with Crippen LogP contribution in [0.2, 0.25) is 0 Å². The smallest absolute Gasteiger partial charge is 0.394 e. The van der Waals surface area contributed by atoms with Crippen LogP contribution < -0.4 is 37.9 Å². The summed E-state index contributed by atoms with van der Waals surface area (Å²) in [6.07, 6.45) is 3.26. The molecule has 226 valence electrons. The molecule has 0 saturated carbocycles. The molecule has 1 atom stereocenters. The number of H-pyrrole nitrogens is 1. The van der Waals surface area contributed by atoms with Crippen molar-refractivity contribution in [1.82, 2.24) is 30.7 Å². The van der Waals surface area contributed by atoms with E-state index in [9.17, 15) is 24.0 Å². The Morgan fingerprint density at radius 3 is 2.60 bits per heavy atom. The Morgan fingerprint density at radius 1 is 1.04 bits per heavy atom. The molecule has 3 heterocycles. The van der Waals surface area contributed by atoms with Crippen LogP contribution in [0.1, 0.15) is 61.3 Å². The average Bonchev–Trinajstić information content (AvgIpc) is 3.79. The summed E-state index contributed by atoms with van der Waals surface area (Å²) < 4.78 is 4.64. The van der Waals surface area contributed by atoms with Gasteiger partial charge < -0.3 is 21.3 Å². The van der Waals surface area contributed by atoms with Crippen LogP contribution in [-0.4, -0.2) is 38.5 Å². The molecule has 14 nitrogen and oxygen atoms in total. The number of rotatable bonds is 7. The number of fused-ring (bicyclic) bond motifs is 2. The first kappa shape index (κ1) is 27.9. The van der Waals surface area contributed by atoms with E-state index in [0.29, 0.717) is 25.2 Å². The largest absolute Gasteiger partial charge is 0.439 e. The van der Waals surface area contributed by atoms with E-state index in [1.165, 1.54) is 12.4 Å². The van der Waals surface area contributed by atoms with Crippen LogP contribution >= 0.6 is 0 Å². The maximum atomic E-state index is 13.2. The number of aromatic nitrogens is 4.